The lowest BCUT2D eigenvalue weighted by Gasteiger charge is -2.39. The fourth-order valence-electron chi connectivity index (χ4n) is 5.61. The molecular formula is C32H33FN6O6. The summed E-state index contributed by atoms with van der Waals surface area (Å²) in [6.07, 6.45) is 3.54. The zero-order valence-electron chi connectivity index (χ0n) is 24.9. The molecule has 4 heterocycles. The molecule has 1 fully saturated rings. The number of likely N-dealkylation sites (tertiary alicyclic amines) is 1. The predicted molar refractivity (Wildman–Crippen MR) is 160 cm³/mol. The van der Waals surface area contributed by atoms with Crippen LogP contribution in [0.15, 0.2) is 54.9 Å². The van der Waals surface area contributed by atoms with Gasteiger partial charge in [-0.3, -0.25) is 24.0 Å². The molecule has 234 valence electrons. The first-order chi connectivity index (χ1) is 21.7. The predicted octanol–water partition coefficient (Wildman–Crippen LogP) is 2.54. The Morgan fingerprint density at radius 2 is 1.93 bits per heavy atom. The Bertz CT molecular complexity index is 1760. The van der Waals surface area contributed by atoms with E-state index in [2.05, 4.69) is 20.7 Å². The van der Waals surface area contributed by atoms with E-state index in [-0.39, 0.29) is 43.7 Å². The molecule has 4 bridgehead atoms. The van der Waals surface area contributed by atoms with E-state index in [0.717, 1.165) is 11.1 Å². The second kappa shape index (κ2) is 12.8. The average Bonchev–Trinajstić information content (AvgIpc) is 3.41. The van der Waals surface area contributed by atoms with Crippen molar-refractivity contribution in [3.63, 3.8) is 0 Å². The first kappa shape index (κ1) is 29.9. The van der Waals surface area contributed by atoms with Crippen LogP contribution < -0.4 is 24.8 Å². The van der Waals surface area contributed by atoms with Gasteiger partial charge in [-0.25, -0.2) is 4.39 Å². The van der Waals surface area contributed by atoms with Crippen molar-refractivity contribution in [3.8, 4) is 17.2 Å². The van der Waals surface area contributed by atoms with Crippen LogP contribution >= 0.6 is 0 Å². The van der Waals surface area contributed by atoms with E-state index in [1.165, 1.54) is 25.4 Å². The largest absolute Gasteiger partial charge is 0.493 e. The maximum absolute atomic E-state index is 14.6. The van der Waals surface area contributed by atoms with Crippen molar-refractivity contribution in [3.05, 3.63) is 77.4 Å². The average molecular weight is 617 g/mol. The molecule has 6 rings (SSSR count). The Morgan fingerprint density at radius 1 is 1.07 bits per heavy atom. The quantitative estimate of drug-likeness (QED) is 0.351. The van der Waals surface area contributed by atoms with Crippen LogP contribution in [0.3, 0.4) is 0 Å². The first-order valence-electron chi connectivity index (χ1n) is 14.6. The third kappa shape index (κ3) is 6.82. The summed E-state index contributed by atoms with van der Waals surface area (Å²) in [6.45, 7) is 0.252. The van der Waals surface area contributed by atoms with Crippen molar-refractivity contribution < 1.29 is 33.0 Å². The van der Waals surface area contributed by atoms with Gasteiger partial charge in [0.1, 0.15) is 23.2 Å². The van der Waals surface area contributed by atoms with E-state index in [4.69, 9.17) is 14.2 Å². The zero-order valence-corrected chi connectivity index (χ0v) is 24.9. The van der Waals surface area contributed by atoms with Gasteiger partial charge in [0.15, 0.2) is 18.1 Å². The summed E-state index contributed by atoms with van der Waals surface area (Å²) in [6, 6.07) is 10.6. The monoisotopic (exact) mass is 616 g/mol. The smallest absolute Gasteiger partial charge is 0.258 e. The Morgan fingerprint density at radius 3 is 2.78 bits per heavy atom. The Hall–Kier alpha value is -5.20. The van der Waals surface area contributed by atoms with Crippen molar-refractivity contribution in [1.29, 1.82) is 0 Å². The Balaban J connectivity index is 1.27. The lowest BCUT2D eigenvalue weighted by molar-refractivity contribution is -0.125. The summed E-state index contributed by atoms with van der Waals surface area (Å²) in [5, 5.41) is 9.99. The third-order valence-corrected chi connectivity index (χ3v) is 7.96. The number of aryl methyl sites for hydroxylation is 2. The van der Waals surface area contributed by atoms with E-state index in [9.17, 15) is 18.8 Å². The molecule has 0 saturated carbocycles. The number of carbonyl (C=O) groups is 3. The van der Waals surface area contributed by atoms with Crippen LogP contribution in [0.5, 0.6) is 17.2 Å². The minimum Gasteiger partial charge on any atom is -0.493 e. The number of ether oxygens (including phenoxy) is 3. The molecule has 45 heavy (non-hydrogen) atoms. The summed E-state index contributed by atoms with van der Waals surface area (Å²) >= 11 is 0. The molecule has 0 radical (unpaired) electrons. The van der Waals surface area contributed by atoms with Gasteiger partial charge in [-0.05, 0) is 47.9 Å². The molecule has 0 unspecified atom stereocenters. The van der Waals surface area contributed by atoms with Crippen LogP contribution in [0.4, 0.5) is 4.39 Å². The van der Waals surface area contributed by atoms with Crippen molar-refractivity contribution in [1.82, 2.24) is 30.3 Å². The lowest BCUT2D eigenvalue weighted by atomic mass is 10.0. The lowest BCUT2D eigenvalue weighted by Crippen LogP contribution is -2.58. The number of piperidine rings is 1. The van der Waals surface area contributed by atoms with Gasteiger partial charge < -0.3 is 29.7 Å². The van der Waals surface area contributed by atoms with Crippen molar-refractivity contribution in [2.24, 2.45) is 7.05 Å². The number of rotatable bonds is 2. The molecule has 3 amide bonds. The number of halogens is 1. The standard InChI is InChI=1S/C32H33FN6O6/c1-38-26-12-21(15-34-24(26)16-36-38)32(42)39-8-7-27-25(17-39)37-31(41)18-44-29-11-19(3-5-28(29)43-2)4-6-30(40)35-14-20-9-22(33)13-23(10-20)45-27/h3,5,9-13,15-16,25,27H,4,6-8,14,17-18H2,1-2H3,(H,35,40)(H,37,41)/t25-,27-/m1/s1. The number of hydrogen-bond acceptors (Lipinski definition) is 8. The molecule has 2 aliphatic rings. The van der Waals surface area contributed by atoms with Gasteiger partial charge in [-0.1, -0.05) is 6.07 Å². The molecule has 4 aromatic rings. The van der Waals surface area contributed by atoms with Crippen LogP contribution in [0.2, 0.25) is 0 Å². The zero-order chi connectivity index (χ0) is 31.5. The topological polar surface area (TPSA) is 137 Å². The summed E-state index contributed by atoms with van der Waals surface area (Å²) < 4.78 is 33.8. The third-order valence-electron chi connectivity index (χ3n) is 7.96. The number of nitrogens with one attached hydrogen (secondary N) is 2. The number of amides is 3. The normalized spacial score (nSPS) is 19.2. The number of nitrogens with zero attached hydrogens (tertiary/aromatic N) is 4. The van der Waals surface area contributed by atoms with Crippen LogP contribution in [0.1, 0.15) is 34.3 Å². The van der Waals surface area contributed by atoms with Crippen LogP contribution in [0.25, 0.3) is 11.0 Å². The minimum atomic E-state index is -0.647. The molecule has 2 aromatic carbocycles. The molecule has 2 aliphatic heterocycles. The van der Waals surface area contributed by atoms with E-state index < -0.39 is 23.9 Å². The Labute approximate surface area is 258 Å². The summed E-state index contributed by atoms with van der Waals surface area (Å²) in [7, 11) is 3.28. The fourth-order valence-corrected chi connectivity index (χ4v) is 5.61. The second-order valence-corrected chi connectivity index (χ2v) is 11.1. The van der Waals surface area contributed by atoms with Crippen molar-refractivity contribution >= 4 is 28.8 Å². The number of methoxy groups -OCH3 is 1. The molecular weight excluding hydrogens is 583 g/mol. The second-order valence-electron chi connectivity index (χ2n) is 11.1. The van der Waals surface area contributed by atoms with Crippen LogP contribution in [0, 0.1) is 5.82 Å². The fraction of sp³-hybridized carbons (Fsp3) is 0.344. The highest BCUT2D eigenvalue weighted by atomic mass is 19.1. The number of carbonyl (C=O) groups excluding carboxylic acids is 3. The number of benzene rings is 2. The highest BCUT2D eigenvalue weighted by Gasteiger charge is 2.35. The van der Waals surface area contributed by atoms with E-state index >= 15 is 0 Å². The van der Waals surface area contributed by atoms with Crippen molar-refractivity contribution in [2.45, 2.75) is 38.0 Å². The molecule has 0 aliphatic carbocycles. The molecule has 2 N–H and O–H groups in total. The number of fused-ring (bicyclic) bond motifs is 6. The van der Waals surface area contributed by atoms with E-state index in [1.807, 2.05) is 6.07 Å². The molecule has 2 aromatic heterocycles. The maximum atomic E-state index is 14.6. The molecule has 13 heteroatoms. The SMILES string of the molecule is COc1ccc2cc1OCC(=O)N[C@@H]1CN(C(=O)c3cnc4cnn(C)c4c3)CC[C@H]1Oc1cc(F)cc(c1)CNC(=O)CC2. The number of pyridine rings is 1. The van der Waals surface area contributed by atoms with Gasteiger partial charge in [0.05, 0.1) is 30.4 Å². The maximum Gasteiger partial charge on any atom is 0.258 e. The molecule has 1 saturated heterocycles. The minimum absolute atomic E-state index is 0.117. The van der Waals surface area contributed by atoms with E-state index in [1.54, 1.807) is 47.1 Å². The van der Waals surface area contributed by atoms with Gasteiger partial charge in [-0.2, -0.15) is 5.10 Å². The Kier molecular flexibility index (Phi) is 8.49. The highest BCUT2D eigenvalue weighted by Crippen LogP contribution is 2.29. The summed E-state index contributed by atoms with van der Waals surface area (Å²) in [5.74, 6) is -0.338. The highest BCUT2D eigenvalue weighted by molar-refractivity contribution is 5.96. The van der Waals surface area contributed by atoms with Crippen LogP contribution in [-0.4, -0.2) is 76.3 Å². The van der Waals surface area contributed by atoms with Gasteiger partial charge in [0.25, 0.3) is 11.8 Å². The van der Waals surface area contributed by atoms with E-state index in [0.29, 0.717) is 47.5 Å². The van der Waals surface area contributed by atoms with Crippen molar-refractivity contribution in [2.75, 3.05) is 26.8 Å². The van der Waals surface area contributed by atoms with Gasteiger partial charge in [-0.15, -0.1) is 0 Å². The summed E-state index contributed by atoms with van der Waals surface area (Å²) in [4.78, 5) is 45.4. The number of hydrogen-bond donors (Lipinski definition) is 2. The number of aromatic nitrogens is 3. The molecule has 12 nitrogen and oxygen atoms in total. The van der Waals surface area contributed by atoms with Gasteiger partial charge in [0.2, 0.25) is 5.91 Å². The first-order valence-corrected chi connectivity index (χ1v) is 14.6. The van der Waals surface area contributed by atoms with Gasteiger partial charge >= 0.3 is 0 Å². The molecule has 2 atom stereocenters. The van der Waals surface area contributed by atoms with Crippen LogP contribution in [-0.2, 0) is 29.6 Å². The molecule has 0 spiro atoms. The summed E-state index contributed by atoms with van der Waals surface area (Å²) in [5.41, 5.74) is 3.14. The van der Waals surface area contributed by atoms with Gasteiger partial charge in [0, 0.05) is 51.8 Å².